The first-order valence-corrected chi connectivity index (χ1v) is 8.25. The lowest BCUT2D eigenvalue weighted by Gasteiger charge is -2.43. The van der Waals surface area contributed by atoms with Crippen LogP contribution in [-0.2, 0) is 9.59 Å². The molecule has 1 unspecified atom stereocenters. The summed E-state index contributed by atoms with van der Waals surface area (Å²) in [5.41, 5.74) is 0. The van der Waals surface area contributed by atoms with Crippen molar-refractivity contribution in [2.24, 2.45) is 11.8 Å². The molecule has 1 aliphatic heterocycles. The van der Waals surface area contributed by atoms with Crippen LogP contribution in [0.25, 0.3) is 0 Å². The fraction of sp³-hybridized carbons (Fsp3) is 0.875. The van der Waals surface area contributed by atoms with E-state index in [2.05, 4.69) is 12.2 Å². The molecular formula is C16H26N2O2. The van der Waals surface area contributed by atoms with Crippen LogP contribution in [0.15, 0.2) is 0 Å². The molecule has 2 amide bonds. The van der Waals surface area contributed by atoms with Crippen LogP contribution in [0.3, 0.4) is 0 Å². The van der Waals surface area contributed by atoms with Gasteiger partial charge in [0.25, 0.3) is 0 Å². The molecule has 2 aliphatic carbocycles. The minimum Gasteiger partial charge on any atom is -0.344 e. The molecule has 2 saturated carbocycles. The monoisotopic (exact) mass is 278 g/mol. The predicted molar refractivity (Wildman–Crippen MR) is 77.0 cm³/mol. The Labute approximate surface area is 121 Å². The maximum absolute atomic E-state index is 12.8. The highest BCUT2D eigenvalue weighted by Gasteiger charge is 2.41. The van der Waals surface area contributed by atoms with Crippen LogP contribution in [0, 0.1) is 11.8 Å². The maximum Gasteiger partial charge on any atom is 0.245 e. The third-order valence-electron chi connectivity index (χ3n) is 5.36. The molecule has 4 heteroatoms. The van der Waals surface area contributed by atoms with Crippen molar-refractivity contribution >= 4 is 11.8 Å². The van der Waals surface area contributed by atoms with Crippen molar-refractivity contribution in [3.05, 3.63) is 0 Å². The smallest absolute Gasteiger partial charge is 0.245 e. The molecule has 1 heterocycles. The van der Waals surface area contributed by atoms with Crippen LogP contribution in [-0.4, -0.2) is 35.3 Å². The summed E-state index contributed by atoms with van der Waals surface area (Å²) in [5.74, 6) is 1.34. The summed E-state index contributed by atoms with van der Waals surface area (Å²) < 4.78 is 0. The average molecular weight is 278 g/mol. The molecule has 3 rings (SSSR count). The molecule has 0 aromatic rings. The van der Waals surface area contributed by atoms with E-state index in [1.54, 1.807) is 0 Å². The van der Waals surface area contributed by atoms with Gasteiger partial charge in [0.2, 0.25) is 11.8 Å². The first kappa shape index (κ1) is 13.9. The third kappa shape index (κ3) is 2.70. The summed E-state index contributed by atoms with van der Waals surface area (Å²) >= 11 is 0. The molecule has 1 N–H and O–H groups in total. The molecular weight excluding hydrogens is 252 g/mol. The van der Waals surface area contributed by atoms with Crippen molar-refractivity contribution in [1.82, 2.24) is 10.2 Å². The molecule has 3 aliphatic rings. The Morgan fingerprint density at radius 3 is 2.45 bits per heavy atom. The summed E-state index contributed by atoms with van der Waals surface area (Å²) in [4.78, 5) is 26.8. The average Bonchev–Trinajstić information content (AvgIpc) is 2.57. The molecule has 0 bridgehead atoms. The van der Waals surface area contributed by atoms with Crippen molar-refractivity contribution in [3.8, 4) is 0 Å². The molecule has 0 radical (unpaired) electrons. The van der Waals surface area contributed by atoms with Gasteiger partial charge < -0.3 is 10.2 Å². The first-order valence-electron chi connectivity index (χ1n) is 8.25. The van der Waals surface area contributed by atoms with Crippen LogP contribution in [0.5, 0.6) is 0 Å². The van der Waals surface area contributed by atoms with E-state index in [4.69, 9.17) is 0 Å². The topological polar surface area (TPSA) is 49.4 Å². The van der Waals surface area contributed by atoms with Gasteiger partial charge >= 0.3 is 0 Å². The number of carbonyl (C=O) groups is 2. The number of amides is 2. The van der Waals surface area contributed by atoms with E-state index in [0.717, 1.165) is 31.6 Å². The zero-order valence-corrected chi connectivity index (χ0v) is 12.4. The second kappa shape index (κ2) is 5.74. The molecule has 4 nitrogen and oxygen atoms in total. The van der Waals surface area contributed by atoms with E-state index in [0.29, 0.717) is 24.9 Å². The third-order valence-corrected chi connectivity index (χ3v) is 5.36. The second-order valence-corrected chi connectivity index (χ2v) is 6.96. The standard InChI is InChI=1S/C16H26N2O2/c1-11-9-13(10-11)18-8-7-14(19)17-15(16(18)20)12-5-3-2-4-6-12/h11-13,15H,2-10H2,1H3,(H,17,19). The van der Waals surface area contributed by atoms with Crippen molar-refractivity contribution in [3.63, 3.8) is 0 Å². The van der Waals surface area contributed by atoms with Gasteiger partial charge in [-0.3, -0.25) is 9.59 Å². The predicted octanol–water partition coefficient (Wildman–Crippen LogP) is 2.08. The van der Waals surface area contributed by atoms with Crippen molar-refractivity contribution in [1.29, 1.82) is 0 Å². The quantitative estimate of drug-likeness (QED) is 0.841. The van der Waals surface area contributed by atoms with Crippen LogP contribution in [0.4, 0.5) is 0 Å². The SMILES string of the molecule is CC1CC(N2CCC(=O)NC(C3CCCCC3)C2=O)C1. The van der Waals surface area contributed by atoms with Crippen LogP contribution in [0.2, 0.25) is 0 Å². The van der Waals surface area contributed by atoms with E-state index in [9.17, 15) is 9.59 Å². The summed E-state index contributed by atoms with van der Waals surface area (Å²) in [6.45, 7) is 2.85. The van der Waals surface area contributed by atoms with Crippen LogP contribution < -0.4 is 5.32 Å². The van der Waals surface area contributed by atoms with Gasteiger partial charge in [-0.2, -0.15) is 0 Å². The molecule has 112 valence electrons. The fourth-order valence-corrected chi connectivity index (χ4v) is 4.08. The Bertz CT molecular complexity index is 384. The normalized spacial score (nSPS) is 36.2. The largest absolute Gasteiger partial charge is 0.344 e. The molecule has 1 atom stereocenters. The molecule has 1 saturated heterocycles. The Morgan fingerprint density at radius 2 is 1.80 bits per heavy atom. The lowest BCUT2D eigenvalue weighted by molar-refractivity contribution is -0.139. The lowest BCUT2D eigenvalue weighted by atomic mass is 9.79. The van der Waals surface area contributed by atoms with Gasteiger partial charge in [-0.25, -0.2) is 0 Å². The van der Waals surface area contributed by atoms with E-state index in [1.807, 2.05) is 4.90 Å². The van der Waals surface area contributed by atoms with Crippen molar-refractivity contribution in [2.75, 3.05) is 6.54 Å². The number of carbonyl (C=O) groups excluding carboxylic acids is 2. The van der Waals surface area contributed by atoms with Crippen LogP contribution in [0.1, 0.15) is 58.3 Å². The Kier molecular flexibility index (Phi) is 3.99. The van der Waals surface area contributed by atoms with Gasteiger partial charge in [-0.05, 0) is 37.5 Å². The summed E-state index contributed by atoms with van der Waals surface area (Å²) in [5, 5.41) is 3.01. The van der Waals surface area contributed by atoms with Crippen LogP contribution >= 0.6 is 0 Å². The summed E-state index contributed by atoms with van der Waals surface area (Å²) in [6.07, 6.45) is 8.54. The molecule has 0 aromatic carbocycles. The highest BCUT2D eigenvalue weighted by atomic mass is 16.2. The number of nitrogens with one attached hydrogen (secondary N) is 1. The van der Waals surface area contributed by atoms with Gasteiger partial charge in [-0.1, -0.05) is 26.2 Å². The molecule has 0 aromatic heterocycles. The zero-order valence-electron chi connectivity index (χ0n) is 12.4. The minimum absolute atomic E-state index is 0.0591. The Balaban J connectivity index is 1.73. The van der Waals surface area contributed by atoms with Gasteiger partial charge in [0.15, 0.2) is 0 Å². The lowest BCUT2D eigenvalue weighted by Crippen LogP contribution is -2.54. The highest BCUT2D eigenvalue weighted by Crippen LogP contribution is 2.34. The second-order valence-electron chi connectivity index (χ2n) is 6.96. The van der Waals surface area contributed by atoms with E-state index < -0.39 is 0 Å². The van der Waals surface area contributed by atoms with Gasteiger partial charge in [0.1, 0.15) is 6.04 Å². The van der Waals surface area contributed by atoms with E-state index in [-0.39, 0.29) is 17.9 Å². The van der Waals surface area contributed by atoms with E-state index in [1.165, 1.54) is 19.3 Å². The van der Waals surface area contributed by atoms with Gasteiger partial charge in [0.05, 0.1) is 0 Å². The number of nitrogens with zero attached hydrogens (tertiary/aromatic N) is 1. The summed E-state index contributed by atoms with van der Waals surface area (Å²) in [7, 11) is 0. The zero-order chi connectivity index (χ0) is 14.1. The highest BCUT2D eigenvalue weighted by molar-refractivity contribution is 5.90. The Morgan fingerprint density at radius 1 is 1.10 bits per heavy atom. The Hall–Kier alpha value is -1.06. The number of hydrogen-bond donors (Lipinski definition) is 1. The molecule has 0 spiro atoms. The van der Waals surface area contributed by atoms with Gasteiger partial charge in [-0.15, -0.1) is 0 Å². The fourth-order valence-electron chi connectivity index (χ4n) is 4.08. The minimum atomic E-state index is -0.249. The maximum atomic E-state index is 12.8. The summed E-state index contributed by atoms with van der Waals surface area (Å²) in [6, 6.07) is 0.137. The number of rotatable bonds is 2. The van der Waals surface area contributed by atoms with Gasteiger partial charge in [0, 0.05) is 19.0 Å². The molecule has 3 fully saturated rings. The van der Waals surface area contributed by atoms with Crippen molar-refractivity contribution in [2.45, 2.75) is 70.4 Å². The van der Waals surface area contributed by atoms with Crippen molar-refractivity contribution < 1.29 is 9.59 Å². The van der Waals surface area contributed by atoms with E-state index >= 15 is 0 Å². The first-order chi connectivity index (χ1) is 9.65. The molecule has 20 heavy (non-hydrogen) atoms. The number of hydrogen-bond acceptors (Lipinski definition) is 2.